The third-order valence-electron chi connectivity index (χ3n) is 2.64. The van der Waals surface area contributed by atoms with Crippen LogP contribution in [0.5, 0.6) is 0 Å². The van der Waals surface area contributed by atoms with Gasteiger partial charge < -0.3 is 14.5 Å². The molecular formula is C12H11ClN2O2. The average molecular weight is 251 g/mol. The van der Waals surface area contributed by atoms with Gasteiger partial charge in [0.15, 0.2) is 6.29 Å². The van der Waals surface area contributed by atoms with E-state index in [-0.39, 0.29) is 6.29 Å². The van der Waals surface area contributed by atoms with Crippen LogP contribution in [0.25, 0.3) is 11.4 Å². The first-order chi connectivity index (χ1) is 8.34. The van der Waals surface area contributed by atoms with Crippen molar-refractivity contribution in [3.63, 3.8) is 0 Å². The fourth-order valence-electron chi connectivity index (χ4n) is 1.89. The Morgan fingerprint density at radius 1 is 1.29 bits per heavy atom. The van der Waals surface area contributed by atoms with Crippen LogP contribution in [0.2, 0.25) is 5.02 Å². The summed E-state index contributed by atoms with van der Waals surface area (Å²) in [5.41, 5.74) is 1.86. The molecule has 0 saturated carbocycles. The van der Waals surface area contributed by atoms with E-state index in [9.17, 15) is 0 Å². The van der Waals surface area contributed by atoms with Crippen molar-refractivity contribution in [2.24, 2.45) is 0 Å². The van der Waals surface area contributed by atoms with Crippen LogP contribution >= 0.6 is 11.6 Å². The first-order valence-corrected chi connectivity index (χ1v) is 5.75. The van der Waals surface area contributed by atoms with Crippen LogP contribution in [0.3, 0.4) is 0 Å². The number of benzene rings is 1. The van der Waals surface area contributed by atoms with Gasteiger partial charge >= 0.3 is 0 Å². The van der Waals surface area contributed by atoms with Crippen molar-refractivity contribution >= 4 is 11.6 Å². The highest BCUT2D eigenvalue weighted by Gasteiger charge is 2.22. The number of rotatable bonds is 2. The number of H-pyrrole nitrogens is 1. The molecule has 0 unspecified atom stereocenters. The van der Waals surface area contributed by atoms with Gasteiger partial charge in [-0.2, -0.15) is 0 Å². The van der Waals surface area contributed by atoms with Crippen LogP contribution in [0, 0.1) is 0 Å². The Hall–Kier alpha value is -1.36. The Kier molecular flexibility index (Phi) is 2.84. The summed E-state index contributed by atoms with van der Waals surface area (Å²) in [7, 11) is 0. The molecule has 5 heteroatoms. The molecule has 3 rings (SSSR count). The highest BCUT2D eigenvalue weighted by molar-refractivity contribution is 6.30. The lowest BCUT2D eigenvalue weighted by molar-refractivity contribution is -0.0437. The highest BCUT2D eigenvalue weighted by Crippen LogP contribution is 2.33. The first-order valence-electron chi connectivity index (χ1n) is 5.37. The van der Waals surface area contributed by atoms with Crippen molar-refractivity contribution in [3.8, 4) is 11.4 Å². The number of hydrogen-bond donors (Lipinski definition) is 1. The minimum Gasteiger partial charge on any atom is -0.346 e. The molecule has 1 aromatic heterocycles. The summed E-state index contributed by atoms with van der Waals surface area (Å²) in [5, 5.41) is 0.661. The molecule has 1 aromatic carbocycles. The molecule has 0 amide bonds. The summed E-state index contributed by atoms with van der Waals surface area (Å²) in [6.07, 6.45) is 3.14. The SMILES string of the molecule is Clc1ccc(-c2ncc[nH]2)c(C2OCCO2)c1. The lowest BCUT2D eigenvalue weighted by Gasteiger charge is -2.13. The van der Waals surface area contributed by atoms with Gasteiger partial charge in [0.1, 0.15) is 5.82 Å². The van der Waals surface area contributed by atoms with Gasteiger partial charge in [-0.3, -0.25) is 0 Å². The van der Waals surface area contributed by atoms with E-state index in [1.807, 2.05) is 18.2 Å². The van der Waals surface area contributed by atoms with Crippen LogP contribution in [0.4, 0.5) is 0 Å². The van der Waals surface area contributed by atoms with Gasteiger partial charge in [0.25, 0.3) is 0 Å². The lowest BCUT2D eigenvalue weighted by atomic mass is 10.1. The van der Waals surface area contributed by atoms with E-state index in [1.54, 1.807) is 12.4 Å². The molecule has 1 saturated heterocycles. The fraction of sp³-hybridized carbons (Fsp3) is 0.250. The number of hydrogen-bond acceptors (Lipinski definition) is 3. The van der Waals surface area contributed by atoms with E-state index in [1.165, 1.54) is 0 Å². The molecule has 0 atom stereocenters. The van der Waals surface area contributed by atoms with Gasteiger partial charge in [0, 0.05) is 28.5 Å². The maximum atomic E-state index is 6.01. The molecule has 1 aliphatic heterocycles. The zero-order valence-electron chi connectivity index (χ0n) is 9.02. The molecule has 0 bridgehead atoms. The average Bonchev–Trinajstić information content (AvgIpc) is 3.02. The monoisotopic (exact) mass is 250 g/mol. The van der Waals surface area contributed by atoms with Crippen molar-refractivity contribution in [2.45, 2.75) is 6.29 Å². The third-order valence-corrected chi connectivity index (χ3v) is 2.88. The third kappa shape index (κ3) is 2.07. The van der Waals surface area contributed by atoms with Crippen LogP contribution in [0.15, 0.2) is 30.6 Å². The summed E-state index contributed by atoms with van der Waals surface area (Å²) in [5.74, 6) is 0.788. The van der Waals surface area contributed by atoms with Crippen molar-refractivity contribution in [1.29, 1.82) is 0 Å². The summed E-state index contributed by atoms with van der Waals surface area (Å²) in [6.45, 7) is 1.21. The molecular weight excluding hydrogens is 240 g/mol. The number of ether oxygens (including phenoxy) is 2. The number of aromatic nitrogens is 2. The summed E-state index contributed by atoms with van der Waals surface area (Å²) in [6, 6.07) is 5.61. The molecule has 1 fully saturated rings. The zero-order chi connectivity index (χ0) is 11.7. The second kappa shape index (κ2) is 4.49. The number of aromatic amines is 1. The van der Waals surface area contributed by atoms with Crippen LogP contribution in [0.1, 0.15) is 11.9 Å². The molecule has 0 spiro atoms. The molecule has 17 heavy (non-hydrogen) atoms. The van der Waals surface area contributed by atoms with Crippen molar-refractivity contribution in [3.05, 3.63) is 41.2 Å². The second-order valence-electron chi connectivity index (χ2n) is 3.74. The molecule has 1 aliphatic rings. The van der Waals surface area contributed by atoms with Gasteiger partial charge in [-0.25, -0.2) is 4.98 Å². The summed E-state index contributed by atoms with van der Waals surface area (Å²) >= 11 is 6.01. The van der Waals surface area contributed by atoms with Gasteiger partial charge in [-0.1, -0.05) is 11.6 Å². The predicted molar refractivity (Wildman–Crippen MR) is 63.7 cm³/mol. The van der Waals surface area contributed by atoms with Gasteiger partial charge in [-0.15, -0.1) is 0 Å². The topological polar surface area (TPSA) is 47.1 Å². The Labute approximate surface area is 104 Å². The zero-order valence-corrected chi connectivity index (χ0v) is 9.78. The van der Waals surface area contributed by atoms with E-state index < -0.39 is 0 Å². The molecule has 2 heterocycles. The summed E-state index contributed by atoms with van der Waals surface area (Å²) < 4.78 is 11.0. The predicted octanol–water partition coefficient (Wildman–Crippen LogP) is 2.78. The Bertz CT molecular complexity index is 507. The fourth-order valence-corrected chi connectivity index (χ4v) is 2.08. The van der Waals surface area contributed by atoms with Crippen LogP contribution < -0.4 is 0 Å². The number of imidazole rings is 1. The lowest BCUT2D eigenvalue weighted by Crippen LogP contribution is -2.01. The molecule has 0 aliphatic carbocycles. The van der Waals surface area contributed by atoms with Crippen LogP contribution in [-0.2, 0) is 9.47 Å². The van der Waals surface area contributed by atoms with E-state index in [0.717, 1.165) is 17.0 Å². The Balaban J connectivity index is 2.07. The van der Waals surface area contributed by atoms with Crippen LogP contribution in [-0.4, -0.2) is 23.2 Å². The van der Waals surface area contributed by atoms with E-state index >= 15 is 0 Å². The van der Waals surface area contributed by atoms with E-state index in [4.69, 9.17) is 21.1 Å². The minimum absolute atomic E-state index is 0.353. The Morgan fingerprint density at radius 2 is 2.12 bits per heavy atom. The first kappa shape index (κ1) is 10.8. The molecule has 88 valence electrons. The van der Waals surface area contributed by atoms with Crippen molar-refractivity contribution in [2.75, 3.05) is 13.2 Å². The molecule has 1 N–H and O–H groups in total. The largest absolute Gasteiger partial charge is 0.346 e. The standard InChI is InChI=1S/C12H11ClN2O2/c13-8-1-2-9(11-14-3-4-15-11)10(7-8)12-16-5-6-17-12/h1-4,7,12H,5-6H2,(H,14,15). The van der Waals surface area contributed by atoms with Gasteiger partial charge in [-0.05, 0) is 18.2 Å². The number of nitrogens with one attached hydrogen (secondary N) is 1. The van der Waals surface area contributed by atoms with Crippen molar-refractivity contribution in [1.82, 2.24) is 9.97 Å². The second-order valence-corrected chi connectivity index (χ2v) is 4.18. The minimum atomic E-state index is -0.353. The van der Waals surface area contributed by atoms with Gasteiger partial charge in [0.05, 0.1) is 13.2 Å². The van der Waals surface area contributed by atoms with E-state index in [0.29, 0.717) is 18.2 Å². The maximum absolute atomic E-state index is 6.01. The van der Waals surface area contributed by atoms with Crippen molar-refractivity contribution < 1.29 is 9.47 Å². The van der Waals surface area contributed by atoms with E-state index in [2.05, 4.69) is 9.97 Å². The quantitative estimate of drug-likeness (QED) is 0.892. The maximum Gasteiger partial charge on any atom is 0.184 e. The summed E-state index contributed by atoms with van der Waals surface area (Å²) in [4.78, 5) is 7.31. The highest BCUT2D eigenvalue weighted by atomic mass is 35.5. The normalized spacial score (nSPS) is 16.5. The molecule has 4 nitrogen and oxygen atoms in total. The molecule has 2 aromatic rings. The molecule has 0 radical (unpaired) electrons. The number of nitrogens with zero attached hydrogens (tertiary/aromatic N) is 1. The number of halogens is 1. The Morgan fingerprint density at radius 3 is 2.82 bits per heavy atom. The smallest absolute Gasteiger partial charge is 0.184 e. The van der Waals surface area contributed by atoms with Gasteiger partial charge in [0.2, 0.25) is 0 Å².